The van der Waals surface area contributed by atoms with Gasteiger partial charge in [-0.25, -0.2) is 4.79 Å². The van der Waals surface area contributed by atoms with Gasteiger partial charge >= 0.3 is 6.03 Å². The maximum absolute atomic E-state index is 13.0. The Balaban J connectivity index is 1.08. The highest BCUT2D eigenvalue weighted by atomic mass is 16.2. The first kappa shape index (κ1) is 23.4. The van der Waals surface area contributed by atoms with Gasteiger partial charge in [0.25, 0.3) is 0 Å². The van der Waals surface area contributed by atoms with Crippen LogP contribution < -0.4 is 21.3 Å². The molecule has 0 unspecified atom stereocenters. The van der Waals surface area contributed by atoms with E-state index in [-0.39, 0.29) is 29.8 Å². The van der Waals surface area contributed by atoms with Crippen LogP contribution in [-0.4, -0.2) is 24.4 Å². The van der Waals surface area contributed by atoms with Gasteiger partial charge in [-0.15, -0.1) is 0 Å². The van der Waals surface area contributed by atoms with E-state index in [1.165, 1.54) is 19.3 Å². The van der Waals surface area contributed by atoms with Crippen molar-refractivity contribution in [2.24, 2.45) is 23.2 Å². The summed E-state index contributed by atoms with van der Waals surface area (Å²) >= 11 is 0. The van der Waals surface area contributed by atoms with Crippen molar-refractivity contribution in [2.45, 2.75) is 52.0 Å². The highest BCUT2D eigenvalue weighted by Gasteiger charge is 2.54. The van der Waals surface area contributed by atoms with E-state index in [4.69, 9.17) is 0 Å². The molecular formula is C28H34N4O3. The second kappa shape index (κ2) is 9.72. The van der Waals surface area contributed by atoms with Gasteiger partial charge in [0.05, 0.1) is 6.54 Å². The number of nitrogens with one attached hydrogen (secondary N) is 4. The number of anilines is 2. The number of carbonyl (C=O) groups is 3. The van der Waals surface area contributed by atoms with Crippen molar-refractivity contribution in [3.8, 4) is 0 Å². The van der Waals surface area contributed by atoms with Gasteiger partial charge < -0.3 is 21.3 Å². The van der Waals surface area contributed by atoms with Gasteiger partial charge in [-0.3, -0.25) is 9.59 Å². The molecule has 0 radical (unpaired) electrons. The lowest BCUT2D eigenvalue weighted by atomic mass is 9.49. The number of carbonyl (C=O) groups excluding carboxylic acids is 3. The highest BCUT2D eigenvalue weighted by Crippen LogP contribution is 2.60. The Kier molecular flexibility index (Phi) is 6.50. The highest BCUT2D eigenvalue weighted by molar-refractivity contribution is 5.99. The van der Waals surface area contributed by atoms with Gasteiger partial charge in [0, 0.05) is 23.3 Å². The van der Waals surface area contributed by atoms with Crippen molar-refractivity contribution in [1.29, 1.82) is 0 Å². The first-order valence-electron chi connectivity index (χ1n) is 12.7. The largest absolute Gasteiger partial charge is 0.350 e. The third-order valence-electron chi connectivity index (χ3n) is 7.88. The Morgan fingerprint density at radius 3 is 2.06 bits per heavy atom. The molecule has 2 aromatic carbocycles. The number of urea groups is 1. The van der Waals surface area contributed by atoms with E-state index in [1.807, 2.05) is 49.4 Å². The van der Waals surface area contributed by atoms with Crippen LogP contribution in [0.3, 0.4) is 0 Å². The molecule has 4 N–H and O–H groups in total. The van der Waals surface area contributed by atoms with E-state index in [1.54, 1.807) is 6.07 Å². The molecule has 4 bridgehead atoms. The molecule has 4 aliphatic rings. The molecule has 2 aromatic rings. The summed E-state index contributed by atoms with van der Waals surface area (Å²) in [5, 5.41) is 11.4. The van der Waals surface area contributed by atoms with E-state index < -0.39 is 0 Å². The Morgan fingerprint density at radius 1 is 0.829 bits per heavy atom. The molecule has 0 atom stereocenters. The molecule has 184 valence electrons. The van der Waals surface area contributed by atoms with E-state index in [0.717, 1.165) is 36.1 Å². The van der Waals surface area contributed by atoms with Crippen LogP contribution in [0.1, 0.15) is 49.7 Å². The lowest BCUT2D eigenvalue weighted by Crippen LogP contribution is -2.54. The van der Waals surface area contributed by atoms with Crippen molar-refractivity contribution >= 4 is 29.2 Å². The van der Waals surface area contributed by atoms with Crippen LogP contribution in [0.25, 0.3) is 0 Å². The lowest BCUT2D eigenvalue weighted by Gasteiger charge is -2.55. The van der Waals surface area contributed by atoms with Crippen LogP contribution in [-0.2, 0) is 16.1 Å². The Morgan fingerprint density at radius 2 is 1.43 bits per heavy atom. The molecule has 0 spiro atoms. The van der Waals surface area contributed by atoms with Crippen molar-refractivity contribution in [3.63, 3.8) is 0 Å². The zero-order valence-electron chi connectivity index (χ0n) is 20.2. The topological polar surface area (TPSA) is 99.3 Å². The summed E-state index contributed by atoms with van der Waals surface area (Å²) < 4.78 is 0. The summed E-state index contributed by atoms with van der Waals surface area (Å²) in [5.41, 5.74) is 3.04. The molecule has 0 aromatic heterocycles. The molecule has 7 nitrogen and oxygen atoms in total. The summed E-state index contributed by atoms with van der Waals surface area (Å²) in [6.07, 6.45) is 6.83. The predicted octanol–water partition coefficient (Wildman–Crippen LogP) is 4.59. The molecule has 0 heterocycles. The van der Waals surface area contributed by atoms with E-state index in [9.17, 15) is 14.4 Å². The molecule has 35 heavy (non-hydrogen) atoms. The van der Waals surface area contributed by atoms with E-state index >= 15 is 0 Å². The first-order valence-corrected chi connectivity index (χ1v) is 12.7. The van der Waals surface area contributed by atoms with Crippen molar-refractivity contribution in [3.05, 3.63) is 59.7 Å². The molecule has 7 heteroatoms. The summed E-state index contributed by atoms with van der Waals surface area (Å²) in [5.74, 6) is 1.94. The van der Waals surface area contributed by atoms with Crippen LogP contribution in [0.2, 0.25) is 0 Å². The Labute approximate surface area is 206 Å². The maximum atomic E-state index is 13.0. The lowest BCUT2D eigenvalue weighted by molar-refractivity contribution is -0.147. The average Bonchev–Trinajstić information content (AvgIpc) is 2.80. The van der Waals surface area contributed by atoms with Crippen molar-refractivity contribution in [2.75, 3.05) is 17.2 Å². The zero-order valence-corrected chi connectivity index (χ0v) is 20.2. The number of aryl methyl sites for hydroxylation is 1. The van der Waals surface area contributed by atoms with Crippen molar-refractivity contribution in [1.82, 2.24) is 10.6 Å². The summed E-state index contributed by atoms with van der Waals surface area (Å²) in [7, 11) is 0. The van der Waals surface area contributed by atoms with Gasteiger partial charge in [0.2, 0.25) is 11.8 Å². The number of benzene rings is 2. The average molecular weight is 475 g/mol. The fourth-order valence-electron chi connectivity index (χ4n) is 6.78. The van der Waals surface area contributed by atoms with Gasteiger partial charge in [-0.05, 0) is 98.6 Å². The molecule has 4 amide bonds. The minimum Gasteiger partial charge on any atom is -0.350 e. The molecule has 6 rings (SSSR count). The van der Waals surface area contributed by atoms with Crippen LogP contribution in [0.5, 0.6) is 0 Å². The molecular weight excluding hydrogens is 440 g/mol. The second-order valence-electron chi connectivity index (χ2n) is 10.8. The van der Waals surface area contributed by atoms with Crippen LogP contribution >= 0.6 is 0 Å². The fourth-order valence-corrected chi connectivity index (χ4v) is 6.78. The van der Waals surface area contributed by atoms with Gasteiger partial charge in [0.1, 0.15) is 0 Å². The Hall–Kier alpha value is -3.35. The fraction of sp³-hybridized carbons (Fsp3) is 0.464. The SMILES string of the molecule is Cc1cccc(NC(=O)Nc2cccc(CNC(=O)CNC(=O)C34CC5CC(CC(C5)C3)C4)c2)c1. The molecule has 0 saturated heterocycles. The number of hydrogen-bond donors (Lipinski definition) is 4. The molecule has 0 aliphatic heterocycles. The Bertz CT molecular complexity index is 1090. The quantitative estimate of drug-likeness (QED) is 0.472. The molecule has 4 aliphatic carbocycles. The van der Waals surface area contributed by atoms with Gasteiger partial charge in [-0.2, -0.15) is 0 Å². The second-order valence-corrected chi connectivity index (χ2v) is 10.8. The molecule has 4 saturated carbocycles. The minimum absolute atomic E-state index is 0.00256. The van der Waals surface area contributed by atoms with Crippen molar-refractivity contribution < 1.29 is 14.4 Å². The van der Waals surface area contributed by atoms with Gasteiger partial charge in [0.15, 0.2) is 0 Å². The van der Waals surface area contributed by atoms with Crippen LogP contribution in [0.15, 0.2) is 48.5 Å². The normalized spacial score (nSPS) is 26.1. The smallest absolute Gasteiger partial charge is 0.323 e. The molecule has 4 fully saturated rings. The van der Waals surface area contributed by atoms with E-state index in [0.29, 0.717) is 30.0 Å². The summed E-state index contributed by atoms with van der Waals surface area (Å²) in [6, 6.07) is 14.6. The zero-order chi connectivity index (χ0) is 24.4. The number of hydrogen-bond acceptors (Lipinski definition) is 3. The van der Waals surface area contributed by atoms with E-state index in [2.05, 4.69) is 21.3 Å². The minimum atomic E-state index is -0.329. The number of amides is 4. The van der Waals surface area contributed by atoms with Gasteiger partial charge in [-0.1, -0.05) is 24.3 Å². The van der Waals surface area contributed by atoms with Crippen LogP contribution in [0.4, 0.5) is 16.2 Å². The number of rotatable bonds is 7. The van der Waals surface area contributed by atoms with Crippen LogP contribution in [0, 0.1) is 30.1 Å². The summed E-state index contributed by atoms with van der Waals surface area (Å²) in [6.45, 7) is 2.29. The standard InChI is InChI=1S/C28H34N4O3/c1-18-4-2-6-23(8-18)31-27(35)32-24-7-3-5-19(12-24)16-29-25(33)17-30-26(34)28-13-20-9-21(14-28)11-22(10-20)15-28/h2-8,12,20-22H,9-11,13-17H2,1H3,(H,29,33)(H,30,34)(H2,31,32,35). The summed E-state index contributed by atoms with van der Waals surface area (Å²) in [4.78, 5) is 37.8. The monoisotopic (exact) mass is 474 g/mol. The predicted molar refractivity (Wildman–Crippen MR) is 136 cm³/mol. The first-order chi connectivity index (χ1) is 16.9. The third kappa shape index (κ3) is 5.50. The third-order valence-corrected chi connectivity index (χ3v) is 7.88. The maximum Gasteiger partial charge on any atom is 0.323 e.